The van der Waals surface area contributed by atoms with Gasteiger partial charge in [0, 0.05) is 19.0 Å². The number of nitrogens with zero attached hydrogens (tertiary/aromatic N) is 4. The van der Waals surface area contributed by atoms with Gasteiger partial charge in [-0.25, -0.2) is 14.8 Å². The Kier molecular flexibility index (Phi) is 5.69. The van der Waals surface area contributed by atoms with Gasteiger partial charge in [-0.3, -0.25) is 0 Å². The second-order valence-corrected chi connectivity index (χ2v) is 6.53. The molecular weight excluding hydrogens is 352 g/mol. The van der Waals surface area contributed by atoms with Crippen LogP contribution in [0.2, 0.25) is 5.02 Å². The van der Waals surface area contributed by atoms with E-state index in [0.717, 1.165) is 18.4 Å². The fourth-order valence-corrected chi connectivity index (χ4v) is 2.95. The van der Waals surface area contributed by atoms with Crippen LogP contribution in [-0.2, 0) is 11.3 Å². The average Bonchev–Trinajstić information content (AvgIpc) is 3.51. The molecule has 0 amide bonds. The Hall–Kier alpha value is -2.65. The molecule has 0 spiro atoms. The molecule has 6 nitrogen and oxygen atoms in total. The zero-order chi connectivity index (χ0) is 18.5. The lowest BCUT2D eigenvalue weighted by Crippen LogP contribution is -2.26. The fourth-order valence-electron chi connectivity index (χ4n) is 2.67. The van der Waals surface area contributed by atoms with E-state index in [1.807, 2.05) is 35.2 Å². The molecule has 0 N–H and O–H groups in total. The van der Waals surface area contributed by atoms with Gasteiger partial charge < -0.3 is 9.64 Å². The van der Waals surface area contributed by atoms with Crippen molar-refractivity contribution >= 4 is 23.4 Å². The Morgan fingerprint density at radius 1 is 1.35 bits per heavy atom. The predicted octanol–water partition coefficient (Wildman–Crippen LogP) is 3.71. The minimum absolute atomic E-state index is 0.0797. The van der Waals surface area contributed by atoms with Crippen molar-refractivity contribution in [1.29, 1.82) is 5.26 Å². The summed E-state index contributed by atoms with van der Waals surface area (Å²) in [6, 6.07) is 12.0. The van der Waals surface area contributed by atoms with Crippen LogP contribution in [0.5, 0.6) is 0 Å². The number of esters is 1. The highest BCUT2D eigenvalue weighted by Gasteiger charge is 2.31. The average molecular weight is 371 g/mol. The van der Waals surface area contributed by atoms with E-state index < -0.39 is 5.97 Å². The molecular formula is C19H19ClN4O2. The van der Waals surface area contributed by atoms with E-state index in [1.54, 1.807) is 0 Å². The van der Waals surface area contributed by atoms with Gasteiger partial charge in [-0.15, -0.1) is 0 Å². The first-order valence-electron chi connectivity index (χ1n) is 8.45. The van der Waals surface area contributed by atoms with Gasteiger partial charge in [0.1, 0.15) is 10.8 Å². The third-order valence-corrected chi connectivity index (χ3v) is 4.53. The highest BCUT2D eigenvalue weighted by molar-refractivity contribution is 6.35. The Morgan fingerprint density at radius 2 is 2.08 bits per heavy atom. The lowest BCUT2D eigenvalue weighted by molar-refractivity contribution is 0.0593. The van der Waals surface area contributed by atoms with Crippen molar-refractivity contribution in [3.05, 3.63) is 52.4 Å². The molecule has 3 rings (SSSR count). The second kappa shape index (κ2) is 8.15. The third kappa shape index (κ3) is 4.12. The highest BCUT2D eigenvalue weighted by Crippen LogP contribution is 2.40. The molecule has 2 aromatic rings. The van der Waals surface area contributed by atoms with Gasteiger partial charge in [-0.05, 0) is 18.4 Å². The lowest BCUT2D eigenvalue weighted by Gasteiger charge is -2.25. The zero-order valence-electron chi connectivity index (χ0n) is 14.5. The fraction of sp³-hybridized carbons (Fsp3) is 0.368. The first-order chi connectivity index (χ1) is 12.6. The topological polar surface area (TPSA) is 79.1 Å². The number of nitriles is 1. The van der Waals surface area contributed by atoms with Crippen LogP contribution in [0, 0.1) is 11.3 Å². The summed E-state index contributed by atoms with van der Waals surface area (Å²) >= 11 is 6.47. The number of halogens is 1. The summed E-state index contributed by atoms with van der Waals surface area (Å²) in [5.74, 6) is 0.757. The van der Waals surface area contributed by atoms with Crippen molar-refractivity contribution in [2.24, 2.45) is 0 Å². The highest BCUT2D eigenvalue weighted by atomic mass is 35.5. The summed E-state index contributed by atoms with van der Waals surface area (Å²) in [6.07, 6.45) is 2.32. The van der Waals surface area contributed by atoms with E-state index in [1.165, 1.54) is 7.11 Å². The van der Waals surface area contributed by atoms with Crippen LogP contribution in [0.4, 0.5) is 5.82 Å². The van der Waals surface area contributed by atoms with Crippen LogP contribution in [0.1, 0.15) is 47.1 Å². The molecule has 1 fully saturated rings. The van der Waals surface area contributed by atoms with Crippen molar-refractivity contribution in [2.75, 3.05) is 18.6 Å². The first kappa shape index (κ1) is 18.2. The molecule has 0 saturated heterocycles. The normalized spacial score (nSPS) is 13.1. The molecule has 0 atom stereocenters. The SMILES string of the molecule is COC(=O)c1nc(C2CC2)nc(N(CCC#N)Cc2ccccc2)c1Cl. The van der Waals surface area contributed by atoms with Crippen molar-refractivity contribution in [3.63, 3.8) is 0 Å². The number of aromatic nitrogens is 2. The maximum atomic E-state index is 12.1. The monoisotopic (exact) mass is 370 g/mol. The number of ether oxygens (including phenoxy) is 1. The van der Waals surface area contributed by atoms with Crippen LogP contribution in [0.15, 0.2) is 30.3 Å². The third-order valence-electron chi connectivity index (χ3n) is 4.18. The molecule has 1 aromatic carbocycles. The quantitative estimate of drug-likeness (QED) is 0.691. The van der Waals surface area contributed by atoms with Gasteiger partial charge in [0.2, 0.25) is 0 Å². The summed E-state index contributed by atoms with van der Waals surface area (Å²) in [5.41, 5.74) is 1.14. The minimum atomic E-state index is -0.583. The molecule has 1 saturated carbocycles. The Balaban J connectivity index is 2.02. The molecule has 26 heavy (non-hydrogen) atoms. The second-order valence-electron chi connectivity index (χ2n) is 6.15. The first-order valence-corrected chi connectivity index (χ1v) is 8.83. The van der Waals surface area contributed by atoms with Crippen LogP contribution in [0.25, 0.3) is 0 Å². The largest absolute Gasteiger partial charge is 0.464 e. The van der Waals surface area contributed by atoms with Gasteiger partial charge in [0.15, 0.2) is 11.5 Å². The number of hydrogen-bond donors (Lipinski definition) is 0. The summed E-state index contributed by atoms with van der Waals surface area (Å²) in [7, 11) is 1.30. The number of anilines is 1. The summed E-state index contributed by atoms with van der Waals surface area (Å²) in [4.78, 5) is 23.0. The number of hydrogen-bond acceptors (Lipinski definition) is 6. The maximum Gasteiger partial charge on any atom is 0.358 e. The molecule has 1 heterocycles. The predicted molar refractivity (Wildman–Crippen MR) is 98.1 cm³/mol. The number of carbonyl (C=O) groups excluding carboxylic acids is 1. The van der Waals surface area contributed by atoms with Gasteiger partial charge >= 0.3 is 5.97 Å². The Labute approximate surface area is 157 Å². The minimum Gasteiger partial charge on any atom is -0.464 e. The zero-order valence-corrected chi connectivity index (χ0v) is 15.2. The molecule has 0 unspecified atom stereocenters. The van der Waals surface area contributed by atoms with Crippen LogP contribution in [0.3, 0.4) is 0 Å². The van der Waals surface area contributed by atoms with Gasteiger partial charge in [0.25, 0.3) is 0 Å². The molecule has 0 radical (unpaired) electrons. The van der Waals surface area contributed by atoms with E-state index in [2.05, 4.69) is 16.0 Å². The summed E-state index contributed by atoms with van der Waals surface area (Å²) in [6.45, 7) is 0.983. The van der Waals surface area contributed by atoms with Crippen molar-refractivity contribution in [1.82, 2.24) is 9.97 Å². The van der Waals surface area contributed by atoms with Gasteiger partial charge in [-0.2, -0.15) is 5.26 Å². The molecule has 1 aliphatic rings. The number of carbonyl (C=O) groups is 1. The van der Waals surface area contributed by atoms with Crippen molar-refractivity contribution < 1.29 is 9.53 Å². The number of rotatable bonds is 7. The molecule has 134 valence electrons. The standard InChI is InChI=1S/C19H19ClN4O2/c1-26-19(25)16-15(20)18(23-17(22-16)14-8-9-14)24(11-5-10-21)12-13-6-3-2-4-7-13/h2-4,6-7,14H,5,8-9,11-12H2,1H3. The maximum absolute atomic E-state index is 12.1. The summed E-state index contributed by atoms with van der Waals surface area (Å²) in [5, 5.41) is 9.18. The Morgan fingerprint density at radius 3 is 2.69 bits per heavy atom. The smallest absolute Gasteiger partial charge is 0.358 e. The molecule has 1 aliphatic carbocycles. The van der Waals surface area contributed by atoms with Crippen LogP contribution >= 0.6 is 11.6 Å². The van der Waals surface area contributed by atoms with Crippen molar-refractivity contribution in [2.45, 2.75) is 31.7 Å². The molecule has 0 bridgehead atoms. The molecule has 0 aliphatic heterocycles. The Bertz CT molecular complexity index is 831. The van der Waals surface area contributed by atoms with Gasteiger partial charge in [0.05, 0.1) is 19.6 Å². The van der Waals surface area contributed by atoms with Crippen molar-refractivity contribution in [3.8, 4) is 6.07 Å². The van der Waals surface area contributed by atoms with Crippen LogP contribution in [-0.4, -0.2) is 29.6 Å². The summed E-state index contributed by atoms with van der Waals surface area (Å²) < 4.78 is 4.82. The number of benzene rings is 1. The van der Waals surface area contributed by atoms with E-state index in [9.17, 15) is 4.79 Å². The number of methoxy groups -OCH3 is 1. The van der Waals surface area contributed by atoms with E-state index in [-0.39, 0.29) is 16.6 Å². The van der Waals surface area contributed by atoms with E-state index in [4.69, 9.17) is 21.6 Å². The van der Waals surface area contributed by atoms with Crippen LogP contribution < -0.4 is 4.90 Å². The van der Waals surface area contributed by atoms with E-state index in [0.29, 0.717) is 31.2 Å². The van der Waals surface area contributed by atoms with Gasteiger partial charge in [-0.1, -0.05) is 41.9 Å². The molecule has 1 aromatic heterocycles. The lowest BCUT2D eigenvalue weighted by atomic mass is 10.2. The van der Waals surface area contributed by atoms with E-state index >= 15 is 0 Å². The molecule has 7 heteroatoms.